The van der Waals surface area contributed by atoms with Crippen molar-refractivity contribution in [2.75, 3.05) is 60.2 Å². The summed E-state index contributed by atoms with van der Waals surface area (Å²) in [5, 5.41) is 9.02. The van der Waals surface area contributed by atoms with Crippen LogP contribution in [-0.4, -0.2) is 83.2 Å². The van der Waals surface area contributed by atoms with Crippen molar-refractivity contribution in [3.8, 4) is 0 Å². The van der Waals surface area contributed by atoms with Crippen molar-refractivity contribution in [2.24, 2.45) is 11.8 Å². The van der Waals surface area contributed by atoms with Gasteiger partial charge in [0.2, 0.25) is 0 Å². The number of piperidine rings is 1. The molecule has 3 amide bonds. The van der Waals surface area contributed by atoms with E-state index in [9.17, 15) is 14.0 Å². The maximum atomic E-state index is 13.9. The van der Waals surface area contributed by atoms with Gasteiger partial charge in [-0.3, -0.25) is 0 Å². The monoisotopic (exact) mass is 542 g/mol. The van der Waals surface area contributed by atoms with Gasteiger partial charge in [-0.05, 0) is 62.8 Å². The number of ether oxygens (including phenoxy) is 3. The molecule has 0 aromatic heterocycles. The third-order valence-electron chi connectivity index (χ3n) is 6.95. The number of rotatable bonds is 11. The van der Waals surface area contributed by atoms with Gasteiger partial charge in [-0.2, -0.15) is 0 Å². The Morgan fingerprint density at radius 3 is 2.84 bits per heavy atom. The number of hydrogen-bond donors (Lipinski definition) is 3. The number of nitrogens with one attached hydrogen (secondary N) is 3. The van der Waals surface area contributed by atoms with E-state index in [0.29, 0.717) is 25.6 Å². The molecule has 11 heteroatoms. The van der Waals surface area contributed by atoms with Crippen LogP contribution in [0.5, 0.6) is 0 Å². The average molecular weight is 543 g/mol. The number of carbonyl (C=O) groups excluding carboxylic acids is 2. The summed E-state index contributed by atoms with van der Waals surface area (Å²) in [6, 6.07) is 4.48. The molecule has 4 atom stereocenters. The number of alkyl carbamates (subject to hydrolysis) is 1. The number of amides is 3. The zero-order valence-electron chi connectivity index (χ0n) is 21.8. The number of nitrogens with zero attached hydrogens (tertiary/aromatic N) is 1. The highest BCUT2D eigenvalue weighted by Crippen LogP contribution is 2.34. The molecule has 2 heterocycles. The van der Waals surface area contributed by atoms with Gasteiger partial charge in [-0.25, -0.2) is 14.0 Å². The molecule has 2 aliphatic rings. The second-order valence-electron chi connectivity index (χ2n) is 9.75. The van der Waals surface area contributed by atoms with E-state index in [1.807, 2.05) is 11.9 Å². The Bertz CT molecular complexity index is 873. The van der Waals surface area contributed by atoms with Crippen molar-refractivity contribution >= 4 is 23.7 Å². The normalized spacial score (nSPS) is 21.7. The molecule has 2 aliphatic heterocycles. The van der Waals surface area contributed by atoms with Crippen LogP contribution < -0.4 is 16.0 Å². The molecule has 1 aromatic carbocycles. The zero-order valence-corrected chi connectivity index (χ0v) is 22.5. The topological polar surface area (TPSA) is 101 Å². The third kappa shape index (κ3) is 9.28. The first-order chi connectivity index (χ1) is 17.9. The first kappa shape index (κ1) is 29.4. The maximum absolute atomic E-state index is 13.9. The maximum Gasteiger partial charge on any atom is 0.406 e. The number of halogens is 2. The second-order valence-corrected chi connectivity index (χ2v) is 10.2. The molecule has 0 saturated carbocycles. The minimum absolute atomic E-state index is 0.0110. The first-order valence-electron chi connectivity index (χ1n) is 13.1. The van der Waals surface area contributed by atoms with E-state index < -0.39 is 18.0 Å². The van der Waals surface area contributed by atoms with Crippen LogP contribution in [0.4, 0.5) is 14.0 Å². The van der Waals surface area contributed by atoms with Gasteiger partial charge in [-0.15, -0.1) is 0 Å². The number of likely N-dealkylation sites (tertiary alicyclic amines) is 1. The van der Waals surface area contributed by atoms with Crippen LogP contribution in [0.25, 0.3) is 0 Å². The summed E-state index contributed by atoms with van der Waals surface area (Å²) in [5.41, 5.74) is 0.738. The Morgan fingerprint density at radius 1 is 1.30 bits per heavy atom. The smallest absolute Gasteiger partial charge is 0.406 e. The van der Waals surface area contributed by atoms with E-state index in [0.717, 1.165) is 50.9 Å². The summed E-state index contributed by atoms with van der Waals surface area (Å²) in [4.78, 5) is 26.5. The van der Waals surface area contributed by atoms with Gasteiger partial charge in [0.25, 0.3) is 0 Å². The fourth-order valence-corrected chi connectivity index (χ4v) is 5.34. The summed E-state index contributed by atoms with van der Waals surface area (Å²) >= 11 is 6.07. The number of methoxy groups -OCH3 is 1. The SMILES string of the molecule is CNC[C@@H](C[C@H]1CCCOC1)NC(=O)N1CCCC([C@@H](OCCNC(=O)OC)c2ccc(F)c(Cl)c2)C1. The van der Waals surface area contributed by atoms with Crippen LogP contribution >= 0.6 is 11.6 Å². The molecule has 0 spiro atoms. The fourth-order valence-electron chi connectivity index (χ4n) is 5.15. The highest BCUT2D eigenvalue weighted by molar-refractivity contribution is 6.30. The molecule has 0 aliphatic carbocycles. The predicted molar refractivity (Wildman–Crippen MR) is 139 cm³/mol. The highest BCUT2D eigenvalue weighted by atomic mass is 35.5. The Labute approximate surface area is 223 Å². The molecule has 0 bridgehead atoms. The lowest BCUT2D eigenvalue weighted by atomic mass is 9.88. The minimum atomic E-state index is -0.540. The van der Waals surface area contributed by atoms with Gasteiger partial charge in [0.15, 0.2) is 0 Å². The van der Waals surface area contributed by atoms with Crippen LogP contribution in [0.3, 0.4) is 0 Å². The van der Waals surface area contributed by atoms with Crippen molar-refractivity contribution in [1.82, 2.24) is 20.9 Å². The zero-order chi connectivity index (χ0) is 26.6. The summed E-state index contributed by atoms with van der Waals surface area (Å²) in [5.74, 6) is -0.0742. The van der Waals surface area contributed by atoms with Gasteiger partial charge in [0, 0.05) is 51.4 Å². The lowest BCUT2D eigenvalue weighted by molar-refractivity contribution is -0.00876. The van der Waals surface area contributed by atoms with Crippen molar-refractivity contribution in [3.63, 3.8) is 0 Å². The van der Waals surface area contributed by atoms with E-state index in [1.165, 1.54) is 13.2 Å². The van der Waals surface area contributed by atoms with E-state index in [4.69, 9.17) is 21.1 Å². The van der Waals surface area contributed by atoms with Crippen molar-refractivity contribution in [3.05, 3.63) is 34.6 Å². The van der Waals surface area contributed by atoms with Gasteiger partial charge in [0.05, 0.1) is 24.8 Å². The Kier molecular flexibility index (Phi) is 12.2. The lowest BCUT2D eigenvalue weighted by Gasteiger charge is -2.38. The van der Waals surface area contributed by atoms with E-state index in [-0.39, 0.29) is 36.2 Å². The Hall–Kier alpha value is -2.14. The minimum Gasteiger partial charge on any atom is -0.453 e. The summed E-state index contributed by atoms with van der Waals surface area (Å²) in [6.45, 7) is 3.88. The Balaban J connectivity index is 1.64. The van der Waals surface area contributed by atoms with Crippen molar-refractivity contribution < 1.29 is 28.2 Å². The lowest BCUT2D eigenvalue weighted by Crippen LogP contribution is -2.52. The van der Waals surface area contributed by atoms with Gasteiger partial charge in [0.1, 0.15) is 5.82 Å². The molecule has 0 radical (unpaired) electrons. The largest absolute Gasteiger partial charge is 0.453 e. The molecule has 3 rings (SSSR count). The average Bonchev–Trinajstić information content (AvgIpc) is 2.91. The van der Waals surface area contributed by atoms with E-state index in [1.54, 1.807) is 12.1 Å². The number of hydrogen-bond acceptors (Lipinski definition) is 6. The van der Waals surface area contributed by atoms with Crippen LogP contribution in [0.1, 0.15) is 43.8 Å². The van der Waals surface area contributed by atoms with Crippen LogP contribution in [0.15, 0.2) is 18.2 Å². The molecular formula is C26H40ClFN4O5. The fraction of sp³-hybridized carbons (Fsp3) is 0.692. The van der Waals surface area contributed by atoms with E-state index in [2.05, 4.69) is 20.7 Å². The van der Waals surface area contributed by atoms with Crippen molar-refractivity contribution in [1.29, 1.82) is 0 Å². The van der Waals surface area contributed by atoms with Gasteiger partial charge in [-0.1, -0.05) is 17.7 Å². The van der Waals surface area contributed by atoms with Crippen LogP contribution in [0.2, 0.25) is 5.02 Å². The number of benzene rings is 1. The summed E-state index contributed by atoms with van der Waals surface area (Å²) in [6.07, 6.45) is 3.75. The van der Waals surface area contributed by atoms with Crippen LogP contribution in [-0.2, 0) is 14.2 Å². The standard InChI is InChI=1S/C26H40ClFN4O5/c1-29-15-21(13-18-5-4-11-36-17-18)31-25(33)32-10-3-6-20(16-32)24(37-12-9-30-26(34)35-2)19-7-8-23(28)22(27)14-19/h7-8,14,18,20-21,24,29H,3-6,9-13,15-17H2,1-2H3,(H,30,34)(H,31,33)/t18-,20?,21-,24+/m1/s1. The quantitative estimate of drug-likeness (QED) is 0.368. The number of carbonyl (C=O) groups is 2. The molecular weight excluding hydrogens is 503 g/mol. The summed E-state index contributed by atoms with van der Waals surface area (Å²) in [7, 11) is 3.18. The van der Waals surface area contributed by atoms with Crippen LogP contribution in [0, 0.1) is 17.7 Å². The molecule has 208 valence electrons. The van der Waals surface area contributed by atoms with Crippen molar-refractivity contribution in [2.45, 2.75) is 44.2 Å². The molecule has 3 N–H and O–H groups in total. The highest BCUT2D eigenvalue weighted by Gasteiger charge is 2.32. The van der Waals surface area contributed by atoms with Gasteiger partial charge < -0.3 is 35.1 Å². The Morgan fingerprint density at radius 2 is 2.14 bits per heavy atom. The van der Waals surface area contributed by atoms with E-state index >= 15 is 0 Å². The molecule has 2 fully saturated rings. The molecule has 37 heavy (non-hydrogen) atoms. The predicted octanol–water partition coefficient (Wildman–Crippen LogP) is 3.72. The third-order valence-corrected chi connectivity index (χ3v) is 7.24. The van der Waals surface area contributed by atoms with Gasteiger partial charge >= 0.3 is 12.1 Å². The second kappa shape index (κ2) is 15.3. The first-order valence-corrected chi connectivity index (χ1v) is 13.4. The number of urea groups is 1. The number of likely N-dealkylation sites (N-methyl/N-ethyl adjacent to an activating group) is 1. The summed E-state index contributed by atoms with van der Waals surface area (Å²) < 4.78 is 30.2. The molecule has 9 nitrogen and oxygen atoms in total. The molecule has 1 unspecified atom stereocenters. The molecule has 1 aromatic rings. The molecule has 2 saturated heterocycles.